The number of carbonyl (C=O) groups is 1. The van der Waals surface area contributed by atoms with E-state index in [9.17, 15) is 15.0 Å². The molecule has 0 aliphatic carbocycles. The normalized spacial score (nSPS) is 13.7. The number of aliphatic hydroxyl groups excluding tert-OH is 2. The van der Waals surface area contributed by atoms with Crippen molar-refractivity contribution < 1.29 is 15.0 Å². The third kappa shape index (κ3) is 42.6. The van der Waals surface area contributed by atoms with Crippen LogP contribution in [0.1, 0.15) is 213 Å². The minimum atomic E-state index is -0.862. The van der Waals surface area contributed by atoms with Crippen LogP contribution in [0.5, 0.6) is 0 Å². The minimum Gasteiger partial charge on any atom is -0.394 e. The van der Waals surface area contributed by atoms with Gasteiger partial charge in [-0.25, -0.2) is 0 Å². The number of allylic oxidation sites excluding steroid dienone is 13. The highest BCUT2D eigenvalue weighted by Gasteiger charge is 2.17. The lowest BCUT2D eigenvalue weighted by Crippen LogP contribution is -2.45. The molecule has 0 fully saturated rings. The summed E-state index contributed by atoms with van der Waals surface area (Å²) in [5.74, 6) is -0.0782. The zero-order valence-electron chi connectivity index (χ0n) is 36.2. The van der Waals surface area contributed by atoms with Crippen molar-refractivity contribution in [2.45, 2.75) is 225 Å². The summed E-state index contributed by atoms with van der Waals surface area (Å²) in [6, 6.07) is -0.639. The van der Waals surface area contributed by atoms with Crippen LogP contribution in [0.15, 0.2) is 85.1 Å². The van der Waals surface area contributed by atoms with Gasteiger partial charge in [0.15, 0.2) is 0 Å². The molecule has 0 aromatic carbocycles. The SMILES string of the molecule is CC/C=C\C/C=C\C/C=C\C/C=C\C/C=C\CCCCCCCCCCCCCCCCCCCC(=O)NC(CO)C(O)/C=C/CC/C=C/CCCCCC. The molecule has 0 rings (SSSR count). The number of unbranched alkanes of at least 4 members (excludes halogenated alkanes) is 22. The first-order valence-electron chi connectivity index (χ1n) is 23.3. The van der Waals surface area contributed by atoms with Crippen LogP contribution in [-0.4, -0.2) is 34.9 Å². The summed E-state index contributed by atoms with van der Waals surface area (Å²) < 4.78 is 0. The lowest BCUT2D eigenvalue weighted by atomic mass is 10.0. The Kier molecular flexibility index (Phi) is 43.9. The van der Waals surface area contributed by atoms with Crippen molar-refractivity contribution >= 4 is 5.91 Å². The van der Waals surface area contributed by atoms with Crippen LogP contribution in [0.25, 0.3) is 0 Å². The van der Waals surface area contributed by atoms with E-state index in [2.05, 4.69) is 92.1 Å². The first-order chi connectivity index (χ1) is 27.2. The summed E-state index contributed by atoms with van der Waals surface area (Å²) in [5, 5.41) is 22.9. The van der Waals surface area contributed by atoms with Crippen molar-refractivity contribution in [2.24, 2.45) is 0 Å². The molecule has 0 aliphatic rings. The van der Waals surface area contributed by atoms with E-state index in [1.54, 1.807) is 6.08 Å². The van der Waals surface area contributed by atoms with Crippen LogP contribution in [0.3, 0.4) is 0 Å². The van der Waals surface area contributed by atoms with Gasteiger partial charge in [-0.15, -0.1) is 0 Å². The average molecular weight is 764 g/mol. The van der Waals surface area contributed by atoms with Crippen LogP contribution in [0.2, 0.25) is 0 Å². The molecule has 1 amide bonds. The highest BCUT2D eigenvalue weighted by molar-refractivity contribution is 5.76. The van der Waals surface area contributed by atoms with Gasteiger partial charge in [0.2, 0.25) is 5.91 Å². The molecule has 0 saturated carbocycles. The molecule has 3 N–H and O–H groups in total. The van der Waals surface area contributed by atoms with Gasteiger partial charge < -0.3 is 15.5 Å². The van der Waals surface area contributed by atoms with E-state index in [1.807, 2.05) is 6.08 Å². The quantitative estimate of drug-likeness (QED) is 0.0429. The number of nitrogens with one attached hydrogen (secondary N) is 1. The summed E-state index contributed by atoms with van der Waals surface area (Å²) in [5.41, 5.74) is 0. The van der Waals surface area contributed by atoms with Gasteiger partial charge in [0.1, 0.15) is 0 Å². The number of carbonyl (C=O) groups excluding carboxylic acids is 1. The van der Waals surface area contributed by atoms with Crippen LogP contribution in [0, 0.1) is 0 Å². The highest BCUT2D eigenvalue weighted by Crippen LogP contribution is 2.15. The van der Waals surface area contributed by atoms with Crippen molar-refractivity contribution in [1.82, 2.24) is 5.32 Å². The van der Waals surface area contributed by atoms with Gasteiger partial charge in [0, 0.05) is 6.42 Å². The van der Waals surface area contributed by atoms with Crippen LogP contribution in [-0.2, 0) is 4.79 Å². The van der Waals surface area contributed by atoms with E-state index in [0.717, 1.165) is 64.2 Å². The predicted octanol–water partition coefficient (Wildman–Crippen LogP) is 14.9. The van der Waals surface area contributed by atoms with E-state index in [0.29, 0.717) is 6.42 Å². The Balaban J connectivity index is 3.49. The fourth-order valence-electron chi connectivity index (χ4n) is 6.57. The lowest BCUT2D eigenvalue weighted by molar-refractivity contribution is -0.123. The first kappa shape index (κ1) is 52.6. The fourth-order valence-corrected chi connectivity index (χ4v) is 6.57. The van der Waals surface area contributed by atoms with Crippen molar-refractivity contribution in [1.29, 1.82) is 0 Å². The fraction of sp³-hybridized carbons (Fsp3) is 0.706. The Bertz CT molecular complexity index is 1000. The maximum Gasteiger partial charge on any atom is 0.220 e. The third-order valence-corrected chi connectivity index (χ3v) is 10.1. The first-order valence-corrected chi connectivity index (χ1v) is 23.3. The molecular formula is C51H89NO3. The molecule has 0 bridgehead atoms. The third-order valence-electron chi connectivity index (χ3n) is 10.1. The molecular weight excluding hydrogens is 675 g/mol. The number of amides is 1. The van der Waals surface area contributed by atoms with Gasteiger partial charge in [-0.3, -0.25) is 4.79 Å². The van der Waals surface area contributed by atoms with Gasteiger partial charge in [-0.2, -0.15) is 0 Å². The molecule has 4 heteroatoms. The Morgan fingerprint density at radius 3 is 1.27 bits per heavy atom. The van der Waals surface area contributed by atoms with Crippen LogP contribution < -0.4 is 5.32 Å². The largest absolute Gasteiger partial charge is 0.394 e. The number of hydrogen-bond acceptors (Lipinski definition) is 3. The standard InChI is InChI=1S/C51H89NO3/c1-3-5-7-9-11-13-15-16-17-18-19-20-21-22-23-24-25-26-27-28-29-30-31-32-33-34-35-36-37-39-41-43-45-47-51(55)52-49(48-53)50(54)46-44-42-40-38-14-12-10-8-6-4-2/h5,7,11,13-14,16-17,19-20,22-23,38,44,46,49-50,53-54H,3-4,6,8-10,12,15,18,21,24-37,39-43,45,47-48H2,1-2H3,(H,52,55)/b7-5-,13-11-,17-16-,20-19-,23-22-,38-14+,46-44+. The molecule has 316 valence electrons. The van der Waals surface area contributed by atoms with Gasteiger partial charge in [-0.1, -0.05) is 214 Å². The number of hydrogen-bond donors (Lipinski definition) is 3. The minimum absolute atomic E-state index is 0.0782. The maximum absolute atomic E-state index is 12.4. The Labute approximate surface area is 341 Å². The average Bonchev–Trinajstić information content (AvgIpc) is 3.19. The summed E-state index contributed by atoms with van der Waals surface area (Å²) >= 11 is 0. The van der Waals surface area contributed by atoms with E-state index < -0.39 is 12.1 Å². The van der Waals surface area contributed by atoms with Gasteiger partial charge >= 0.3 is 0 Å². The summed E-state index contributed by atoms with van der Waals surface area (Å²) in [7, 11) is 0. The second-order valence-corrected chi connectivity index (χ2v) is 15.4. The van der Waals surface area contributed by atoms with Gasteiger partial charge in [-0.05, 0) is 77.0 Å². The van der Waals surface area contributed by atoms with Gasteiger partial charge in [0.05, 0.1) is 18.8 Å². The number of aliphatic hydroxyl groups is 2. The molecule has 0 aromatic heterocycles. The summed E-state index contributed by atoms with van der Waals surface area (Å²) in [6.45, 7) is 4.14. The zero-order chi connectivity index (χ0) is 40.0. The van der Waals surface area contributed by atoms with Crippen molar-refractivity contribution in [3.63, 3.8) is 0 Å². The molecule has 0 aliphatic heterocycles. The van der Waals surface area contributed by atoms with Crippen molar-refractivity contribution in [2.75, 3.05) is 6.61 Å². The van der Waals surface area contributed by atoms with Gasteiger partial charge in [0.25, 0.3) is 0 Å². The highest BCUT2D eigenvalue weighted by atomic mass is 16.3. The molecule has 55 heavy (non-hydrogen) atoms. The van der Waals surface area contributed by atoms with E-state index in [-0.39, 0.29) is 12.5 Å². The zero-order valence-corrected chi connectivity index (χ0v) is 36.2. The molecule has 0 radical (unpaired) electrons. The van der Waals surface area contributed by atoms with E-state index in [4.69, 9.17) is 0 Å². The molecule has 2 unspecified atom stereocenters. The summed E-state index contributed by atoms with van der Waals surface area (Å²) in [6.07, 6.45) is 67.2. The molecule has 0 aromatic rings. The second kappa shape index (κ2) is 46.0. The van der Waals surface area contributed by atoms with Crippen molar-refractivity contribution in [3.8, 4) is 0 Å². The van der Waals surface area contributed by atoms with Crippen molar-refractivity contribution in [3.05, 3.63) is 85.1 Å². The molecule has 4 nitrogen and oxygen atoms in total. The Morgan fingerprint density at radius 2 is 0.818 bits per heavy atom. The van der Waals surface area contributed by atoms with Crippen LogP contribution in [0.4, 0.5) is 0 Å². The topological polar surface area (TPSA) is 69.6 Å². The Morgan fingerprint density at radius 1 is 0.455 bits per heavy atom. The molecule has 0 spiro atoms. The predicted molar refractivity (Wildman–Crippen MR) is 243 cm³/mol. The second-order valence-electron chi connectivity index (χ2n) is 15.4. The smallest absolute Gasteiger partial charge is 0.220 e. The molecule has 2 atom stereocenters. The maximum atomic E-state index is 12.4. The monoisotopic (exact) mass is 764 g/mol. The summed E-state index contributed by atoms with van der Waals surface area (Å²) in [4.78, 5) is 12.4. The van der Waals surface area contributed by atoms with E-state index in [1.165, 1.54) is 128 Å². The molecule has 0 saturated heterocycles. The molecule has 0 heterocycles. The Hall–Kier alpha value is -2.43. The number of rotatable bonds is 41. The van der Waals surface area contributed by atoms with Crippen LogP contribution >= 0.6 is 0 Å². The van der Waals surface area contributed by atoms with E-state index >= 15 is 0 Å². The lowest BCUT2D eigenvalue weighted by Gasteiger charge is -2.19.